The van der Waals surface area contributed by atoms with Crippen LogP contribution in [0.2, 0.25) is 0 Å². The van der Waals surface area contributed by atoms with E-state index in [1.54, 1.807) is 18.2 Å². The second-order valence-corrected chi connectivity index (χ2v) is 5.27. The number of aromatic hydroxyl groups is 1. The van der Waals surface area contributed by atoms with Gasteiger partial charge in [-0.2, -0.15) is 0 Å². The molecule has 0 bridgehead atoms. The molecule has 2 rings (SSSR count). The number of hydrogen-bond acceptors (Lipinski definition) is 5. The van der Waals surface area contributed by atoms with Crippen molar-refractivity contribution in [2.45, 2.75) is 5.92 Å². The van der Waals surface area contributed by atoms with Crippen LogP contribution in [0, 0.1) is 0 Å². The second kappa shape index (κ2) is 6.72. The third-order valence-electron chi connectivity index (χ3n) is 3.79. The first-order valence-corrected chi connectivity index (χ1v) is 6.88. The molecule has 1 saturated heterocycles. The molecule has 5 nitrogen and oxygen atoms in total. The van der Waals surface area contributed by atoms with Crippen molar-refractivity contribution in [2.24, 2.45) is 0 Å². The summed E-state index contributed by atoms with van der Waals surface area (Å²) in [6, 6.07) is 6.85. The van der Waals surface area contributed by atoms with Crippen molar-refractivity contribution in [2.75, 3.05) is 46.9 Å². The molecule has 1 N–H and O–H groups in total. The Bertz CT molecular complexity index is 456. The van der Waals surface area contributed by atoms with E-state index in [1.165, 1.54) is 7.11 Å². The molecule has 0 amide bonds. The number of ether oxygens (including phenoxy) is 1. The van der Waals surface area contributed by atoms with Crippen LogP contribution in [0.4, 0.5) is 0 Å². The fourth-order valence-electron chi connectivity index (χ4n) is 2.49. The fraction of sp³-hybridized carbons (Fsp3) is 0.533. The molecule has 0 spiro atoms. The average Bonchev–Trinajstić information content (AvgIpc) is 2.46. The molecule has 0 saturated carbocycles. The number of nitrogens with zero attached hydrogens (tertiary/aromatic N) is 2. The topological polar surface area (TPSA) is 53.0 Å². The van der Waals surface area contributed by atoms with Crippen molar-refractivity contribution < 1.29 is 14.6 Å². The summed E-state index contributed by atoms with van der Waals surface area (Å²) in [5.41, 5.74) is 0.802. The minimum Gasteiger partial charge on any atom is -0.508 e. The number of benzene rings is 1. The molecule has 1 aromatic rings. The lowest BCUT2D eigenvalue weighted by Gasteiger charge is -2.34. The monoisotopic (exact) mass is 278 g/mol. The first-order valence-electron chi connectivity index (χ1n) is 6.88. The van der Waals surface area contributed by atoms with E-state index in [-0.39, 0.29) is 17.6 Å². The number of carbonyl (C=O) groups excluding carboxylic acids is 1. The van der Waals surface area contributed by atoms with E-state index in [1.807, 2.05) is 6.07 Å². The maximum Gasteiger partial charge on any atom is 0.314 e. The number of phenolic OH excluding ortho intramolecular Hbond substituents is 1. The van der Waals surface area contributed by atoms with E-state index in [0.717, 1.165) is 31.7 Å². The molecule has 1 aliphatic rings. The Kier molecular flexibility index (Phi) is 4.98. The van der Waals surface area contributed by atoms with Crippen molar-refractivity contribution in [1.29, 1.82) is 0 Å². The lowest BCUT2D eigenvalue weighted by atomic mass is 9.98. The quantitative estimate of drug-likeness (QED) is 0.829. The zero-order valence-corrected chi connectivity index (χ0v) is 12.1. The predicted molar refractivity (Wildman–Crippen MR) is 76.8 cm³/mol. The van der Waals surface area contributed by atoms with Gasteiger partial charge in [0.25, 0.3) is 0 Å². The normalized spacial score (nSPS) is 18.7. The summed E-state index contributed by atoms with van der Waals surface area (Å²) in [6.45, 7) is 4.54. The smallest absolute Gasteiger partial charge is 0.314 e. The van der Waals surface area contributed by atoms with Crippen molar-refractivity contribution in [3.05, 3.63) is 29.8 Å². The number of rotatable bonds is 4. The molecule has 1 unspecified atom stereocenters. The summed E-state index contributed by atoms with van der Waals surface area (Å²) in [5.74, 6) is -0.431. The van der Waals surface area contributed by atoms with Gasteiger partial charge in [-0.05, 0) is 24.7 Å². The third kappa shape index (κ3) is 3.71. The summed E-state index contributed by atoms with van der Waals surface area (Å²) in [7, 11) is 3.51. The summed E-state index contributed by atoms with van der Waals surface area (Å²) in [4.78, 5) is 16.6. The van der Waals surface area contributed by atoms with Gasteiger partial charge in [0.05, 0.1) is 13.0 Å². The molecule has 20 heavy (non-hydrogen) atoms. The van der Waals surface area contributed by atoms with Crippen LogP contribution >= 0.6 is 0 Å². The van der Waals surface area contributed by atoms with Crippen LogP contribution in [0.3, 0.4) is 0 Å². The maximum atomic E-state index is 12.0. The van der Waals surface area contributed by atoms with Gasteiger partial charge in [-0.3, -0.25) is 9.69 Å². The molecule has 1 aliphatic heterocycles. The SMILES string of the molecule is COC(=O)C(CN1CCN(C)CC1)c1cccc(O)c1. The molecule has 0 aromatic heterocycles. The van der Waals surface area contributed by atoms with Gasteiger partial charge in [0.2, 0.25) is 0 Å². The van der Waals surface area contributed by atoms with Gasteiger partial charge < -0.3 is 14.7 Å². The summed E-state index contributed by atoms with van der Waals surface area (Å²) >= 11 is 0. The van der Waals surface area contributed by atoms with E-state index in [0.29, 0.717) is 6.54 Å². The highest BCUT2D eigenvalue weighted by molar-refractivity contribution is 5.78. The minimum absolute atomic E-state index is 0.176. The molecular weight excluding hydrogens is 256 g/mol. The molecule has 0 aliphatic carbocycles. The molecule has 1 heterocycles. The highest BCUT2D eigenvalue weighted by Crippen LogP contribution is 2.23. The van der Waals surface area contributed by atoms with Crippen LogP contribution in [0.5, 0.6) is 5.75 Å². The van der Waals surface area contributed by atoms with Crippen LogP contribution in [-0.4, -0.2) is 67.8 Å². The summed E-state index contributed by atoms with van der Waals surface area (Å²) in [6.07, 6.45) is 0. The fourth-order valence-corrected chi connectivity index (χ4v) is 2.49. The lowest BCUT2D eigenvalue weighted by molar-refractivity contribution is -0.143. The molecule has 1 aromatic carbocycles. The highest BCUT2D eigenvalue weighted by Gasteiger charge is 2.26. The van der Waals surface area contributed by atoms with Gasteiger partial charge in [-0.1, -0.05) is 12.1 Å². The Morgan fingerprint density at radius 2 is 2.05 bits per heavy atom. The van der Waals surface area contributed by atoms with Crippen molar-refractivity contribution in [3.63, 3.8) is 0 Å². The molecule has 1 atom stereocenters. The van der Waals surface area contributed by atoms with Crippen molar-refractivity contribution >= 4 is 5.97 Å². The lowest BCUT2D eigenvalue weighted by Crippen LogP contribution is -2.46. The average molecular weight is 278 g/mol. The van der Waals surface area contributed by atoms with Crippen molar-refractivity contribution in [3.8, 4) is 5.75 Å². The van der Waals surface area contributed by atoms with Gasteiger partial charge >= 0.3 is 5.97 Å². The zero-order chi connectivity index (χ0) is 14.5. The van der Waals surface area contributed by atoms with E-state index in [2.05, 4.69) is 16.8 Å². The Morgan fingerprint density at radius 1 is 1.35 bits per heavy atom. The first kappa shape index (κ1) is 14.8. The molecular formula is C15H22N2O3. The molecule has 0 radical (unpaired) electrons. The Hall–Kier alpha value is -1.59. The highest BCUT2D eigenvalue weighted by atomic mass is 16.5. The third-order valence-corrected chi connectivity index (χ3v) is 3.79. The van der Waals surface area contributed by atoms with Crippen LogP contribution in [0.1, 0.15) is 11.5 Å². The van der Waals surface area contributed by atoms with Crippen LogP contribution in [0.15, 0.2) is 24.3 Å². The van der Waals surface area contributed by atoms with E-state index in [4.69, 9.17) is 4.74 Å². The number of phenols is 1. The number of esters is 1. The van der Waals surface area contributed by atoms with Gasteiger partial charge in [-0.15, -0.1) is 0 Å². The van der Waals surface area contributed by atoms with E-state index >= 15 is 0 Å². The molecule has 5 heteroatoms. The van der Waals surface area contributed by atoms with E-state index in [9.17, 15) is 9.90 Å². The largest absolute Gasteiger partial charge is 0.508 e. The molecule has 110 valence electrons. The predicted octanol–water partition coefficient (Wildman–Crippen LogP) is 0.896. The Labute approximate surface area is 119 Å². The Morgan fingerprint density at radius 3 is 2.65 bits per heavy atom. The van der Waals surface area contributed by atoms with Crippen molar-refractivity contribution in [1.82, 2.24) is 9.80 Å². The number of hydrogen-bond donors (Lipinski definition) is 1. The van der Waals surface area contributed by atoms with Crippen LogP contribution in [-0.2, 0) is 9.53 Å². The summed E-state index contributed by atoms with van der Waals surface area (Å²) in [5, 5.41) is 9.58. The second-order valence-electron chi connectivity index (χ2n) is 5.27. The van der Waals surface area contributed by atoms with Crippen LogP contribution < -0.4 is 0 Å². The van der Waals surface area contributed by atoms with Gasteiger partial charge in [0.15, 0.2) is 0 Å². The van der Waals surface area contributed by atoms with Gasteiger partial charge in [0, 0.05) is 32.7 Å². The Balaban J connectivity index is 2.10. The van der Waals surface area contributed by atoms with Gasteiger partial charge in [0.1, 0.15) is 5.75 Å². The zero-order valence-electron chi connectivity index (χ0n) is 12.1. The molecule has 1 fully saturated rings. The van der Waals surface area contributed by atoms with Gasteiger partial charge in [-0.25, -0.2) is 0 Å². The summed E-state index contributed by atoms with van der Waals surface area (Å²) < 4.78 is 4.91. The standard InChI is InChI=1S/C15H22N2O3/c1-16-6-8-17(9-7-16)11-14(15(19)20-2)12-4-3-5-13(18)10-12/h3-5,10,14,18H,6-9,11H2,1-2H3. The minimum atomic E-state index is -0.351. The number of carbonyl (C=O) groups is 1. The maximum absolute atomic E-state index is 12.0. The first-order chi connectivity index (χ1) is 9.60. The van der Waals surface area contributed by atoms with E-state index < -0.39 is 0 Å². The number of likely N-dealkylation sites (N-methyl/N-ethyl adjacent to an activating group) is 1. The number of methoxy groups -OCH3 is 1. The van der Waals surface area contributed by atoms with Crippen LogP contribution in [0.25, 0.3) is 0 Å². The number of piperazine rings is 1.